The Labute approximate surface area is 153 Å². The van der Waals surface area contributed by atoms with Crippen LogP contribution in [-0.2, 0) is 4.79 Å². The standard InChI is InChI=1S/C20H23ClN2O2/c1-14(20(24)22-17-6-3-5-16(21)13-17)23-12-4-7-19(23)15-8-10-18(25-2)11-9-15/h3,5-6,8-11,13-14,19H,4,7,12H2,1-2H3,(H,22,24)/t14-,19+/m1/s1. The molecule has 2 aromatic carbocycles. The molecule has 2 atom stereocenters. The smallest absolute Gasteiger partial charge is 0.241 e. The van der Waals surface area contributed by atoms with E-state index < -0.39 is 0 Å². The number of carbonyl (C=O) groups is 1. The molecule has 4 nitrogen and oxygen atoms in total. The Kier molecular flexibility index (Phi) is 5.61. The van der Waals surface area contributed by atoms with E-state index in [2.05, 4.69) is 22.3 Å². The predicted molar refractivity (Wildman–Crippen MR) is 101 cm³/mol. The molecule has 1 N–H and O–H groups in total. The number of hydrogen-bond acceptors (Lipinski definition) is 3. The number of nitrogens with one attached hydrogen (secondary N) is 1. The number of amides is 1. The van der Waals surface area contributed by atoms with Gasteiger partial charge in [-0.2, -0.15) is 0 Å². The molecule has 25 heavy (non-hydrogen) atoms. The average Bonchev–Trinajstić information content (AvgIpc) is 3.10. The van der Waals surface area contributed by atoms with Crippen LogP contribution < -0.4 is 10.1 Å². The normalized spacial score (nSPS) is 18.8. The summed E-state index contributed by atoms with van der Waals surface area (Å²) < 4.78 is 5.23. The molecule has 0 spiro atoms. The molecule has 1 amide bonds. The minimum atomic E-state index is -0.214. The topological polar surface area (TPSA) is 41.6 Å². The first kappa shape index (κ1) is 17.8. The fourth-order valence-corrected chi connectivity index (χ4v) is 3.59. The Morgan fingerprint density at radius 3 is 2.72 bits per heavy atom. The second-order valence-corrected chi connectivity index (χ2v) is 6.78. The lowest BCUT2D eigenvalue weighted by Gasteiger charge is -2.30. The number of rotatable bonds is 5. The maximum atomic E-state index is 12.7. The van der Waals surface area contributed by atoms with Gasteiger partial charge in [-0.05, 0) is 62.2 Å². The summed E-state index contributed by atoms with van der Waals surface area (Å²) in [5.74, 6) is 0.836. The zero-order valence-corrected chi connectivity index (χ0v) is 15.3. The van der Waals surface area contributed by atoms with E-state index in [9.17, 15) is 4.79 Å². The Balaban J connectivity index is 1.71. The zero-order chi connectivity index (χ0) is 17.8. The number of carbonyl (C=O) groups excluding carboxylic acids is 1. The molecule has 1 saturated heterocycles. The number of likely N-dealkylation sites (tertiary alicyclic amines) is 1. The van der Waals surface area contributed by atoms with Gasteiger partial charge in [0.05, 0.1) is 13.2 Å². The first-order valence-corrected chi connectivity index (χ1v) is 8.92. The van der Waals surface area contributed by atoms with E-state index in [-0.39, 0.29) is 18.0 Å². The third kappa shape index (κ3) is 4.14. The quantitative estimate of drug-likeness (QED) is 0.854. The van der Waals surface area contributed by atoms with Crippen molar-refractivity contribution in [2.75, 3.05) is 19.0 Å². The lowest BCUT2D eigenvalue weighted by molar-refractivity contribution is -0.121. The monoisotopic (exact) mass is 358 g/mol. The van der Waals surface area contributed by atoms with Gasteiger partial charge < -0.3 is 10.1 Å². The average molecular weight is 359 g/mol. The van der Waals surface area contributed by atoms with E-state index in [1.165, 1.54) is 5.56 Å². The highest BCUT2D eigenvalue weighted by atomic mass is 35.5. The Morgan fingerprint density at radius 1 is 1.28 bits per heavy atom. The van der Waals surface area contributed by atoms with Gasteiger partial charge in [0.2, 0.25) is 5.91 Å². The van der Waals surface area contributed by atoms with E-state index in [1.807, 2.05) is 31.2 Å². The van der Waals surface area contributed by atoms with Crippen molar-refractivity contribution in [3.8, 4) is 5.75 Å². The van der Waals surface area contributed by atoms with E-state index in [0.29, 0.717) is 5.02 Å². The first-order chi connectivity index (χ1) is 12.1. The van der Waals surface area contributed by atoms with Crippen LogP contribution in [0.3, 0.4) is 0 Å². The molecule has 0 bridgehead atoms. The summed E-state index contributed by atoms with van der Waals surface area (Å²) in [5, 5.41) is 3.58. The van der Waals surface area contributed by atoms with Crippen LogP contribution in [0, 0.1) is 0 Å². The Morgan fingerprint density at radius 2 is 2.04 bits per heavy atom. The van der Waals surface area contributed by atoms with Crippen molar-refractivity contribution >= 4 is 23.2 Å². The summed E-state index contributed by atoms with van der Waals surface area (Å²) in [6, 6.07) is 15.4. The van der Waals surface area contributed by atoms with Gasteiger partial charge >= 0.3 is 0 Å². The van der Waals surface area contributed by atoms with Gasteiger partial charge in [0.1, 0.15) is 5.75 Å². The van der Waals surface area contributed by atoms with Gasteiger partial charge in [0.25, 0.3) is 0 Å². The highest BCUT2D eigenvalue weighted by molar-refractivity contribution is 6.30. The molecule has 2 aromatic rings. The highest BCUT2D eigenvalue weighted by Crippen LogP contribution is 2.34. The highest BCUT2D eigenvalue weighted by Gasteiger charge is 2.33. The molecule has 1 aliphatic rings. The van der Waals surface area contributed by atoms with Crippen LogP contribution in [-0.4, -0.2) is 30.5 Å². The van der Waals surface area contributed by atoms with Crippen LogP contribution in [0.5, 0.6) is 5.75 Å². The van der Waals surface area contributed by atoms with Crippen LogP contribution >= 0.6 is 11.6 Å². The third-order valence-electron chi connectivity index (χ3n) is 4.76. The van der Waals surface area contributed by atoms with Crippen molar-refractivity contribution < 1.29 is 9.53 Å². The van der Waals surface area contributed by atoms with Crippen molar-refractivity contribution in [3.05, 3.63) is 59.1 Å². The summed E-state index contributed by atoms with van der Waals surface area (Å²) >= 11 is 5.99. The summed E-state index contributed by atoms with van der Waals surface area (Å²) in [7, 11) is 1.67. The van der Waals surface area contributed by atoms with E-state index in [4.69, 9.17) is 16.3 Å². The molecule has 1 aliphatic heterocycles. The van der Waals surface area contributed by atoms with Crippen molar-refractivity contribution in [1.29, 1.82) is 0 Å². The molecule has 1 heterocycles. The van der Waals surface area contributed by atoms with Gasteiger partial charge in [-0.3, -0.25) is 9.69 Å². The Bertz CT molecular complexity index is 733. The predicted octanol–water partition coefficient (Wildman–Crippen LogP) is 4.51. The maximum Gasteiger partial charge on any atom is 0.241 e. The summed E-state index contributed by atoms with van der Waals surface area (Å²) in [6.45, 7) is 2.88. The number of hydrogen-bond donors (Lipinski definition) is 1. The fourth-order valence-electron chi connectivity index (χ4n) is 3.40. The minimum Gasteiger partial charge on any atom is -0.497 e. The number of nitrogens with zero attached hydrogens (tertiary/aromatic N) is 1. The molecule has 0 radical (unpaired) electrons. The number of benzene rings is 2. The molecule has 1 fully saturated rings. The number of ether oxygens (including phenoxy) is 1. The molecule has 0 aromatic heterocycles. The van der Waals surface area contributed by atoms with Crippen molar-refractivity contribution in [3.63, 3.8) is 0 Å². The SMILES string of the molecule is COc1ccc([C@@H]2CCCN2[C@H](C)C(=O)Nc2cccc(Cl)c2)cc1. The minimum absolute atomic E-state index is 0.0114. The lowest BCUT2D eigenvalue weighted by Crippen LogP contribution is -2.41. The van der Waals surface area contributed by atoms with E-state index in [0.717, 1.165) is 30.8 Å². The largest absolute Gasteiger partial charge is 0.497 e. The van der Waals surface area contributed by atoms with Crippen molar-refractivity contribution in [1.82, 2.24) is 4.90 Å². The molecule has 0 unspecified atom stereocenters. The summed E-state index contributed by atoms with van der Waals surface area (Å²) in [5.41, 5.74) is 1.95. The molecule has 5 heteroatoms. The third-order valence-corrected chi connectivity index (χ3v) is 5.00. The number of anilines is 1. The molecule has 3 rings (SSSR count). The van der Waals surface area contributed by atoms with Crippen molar-refractivity contribution in [2.45, 2.75) is 31.8 Å². The maximum absolute atomic E-state index is 12.7. The van der Waals surface area contributed by atoms with Gasteiger partial charge in [-0.25, -0.2) is 0 Å². The van der Waals surface area contributed by atoms with Crippen LogP contribution in [0.2, 0.25) is 5.02 Å². The van der Waals surface area contributed by atoms with Gasteiger partial charge in [0, 0.05) is 16.8 Å². The lowest BCUT2D eigenvalue weighted by atomic mass is 10.0. The number of halogens is 1. The van der Waals surface area contributed by atoms with Crippen LogP contribution in [0.4, 0.5) is 5.69 Å². The van der Waals surface area contributed by atoms with Gasteiger partial charge in [-0.1, -0.05) is 29.8 Å². The molecule has 0 saturated carbocycles. The second-order valence-electron chi connectivity index (χ2n) is 6.34. The van der Waals surface area contributed by atoms with Crippen LogP contribution in [0.15, 0.2) is 48.5 Å². The van der Waals surface area contributed by atoms with Crippen LogP contribution in [0.25, 0.3) is 0 Å². The second kappa shape index (κ2) is 7.89. The summed E-state index contributed by atoms with van der Waals surface area (Å²) in [4.78, 5) is 14.9. The Hall–Kier alpha value is -2.04. The van der Waals surface area contributed by atoms with E-state index >= 15 is 0 Å². The van der Waals surface area contributed by atoms with Crippen molar-refractivity contribution in [2.24, 2.45) is 0 Å². The molecular weight excluding hydrogens is 336 g/mol. The van der Waals surface area contributed by atoms with Gasteiger partial charge in [-0.15, -0.1) is 0 Å². The van der Waals surface area contributed by atoms with Crippen LogP contribution in [0.1, 0.15) is 31.4 Å². The number of methoxy groups -OCH3 is 1. The first-order valence-electron chi connectivity index (χ1n) is 8.54. The molecule has 0 aliphatic carbocycles. The van der Waals surface area contributed by atoms with E-state index in [1.54, 1.807) is 19.2 Å². The molecule has 132 valence electrons. The van der Waals surface area contributed by atoms with Gasteiger partial charge in [0.15, 0.2) is 0 Å². The summed E-state index contributed by atoms with van der Waals surface area (Å²) in [6.07, 6.45) is 2.15. The fraction of sp³-hybridized carbons (Fsp3) is 0.350. The molecular formula is C20H23ClN2O2. The zero-order valence-electron chi connectivity index (χ0n) is 14.5.